The largest absolute Gasteiger partial charge is 0.316 e. The molecular weight excluding hydrogens is 162 g/mol. The molecule has 1 saturated heterocycles. The Bertz CT molecular complexity index is 218. The molecule has 0 aliphatic carbocycles. The number of carbonyl (C=O) groups excluding carboxylic acids is 1. The van der Waals surface area contributed by atoms with Gasteiger partial charge in [-0.3, -0.25) is 4.79 Å². The van der Waals surface area contributed by atoms with Gasteiger partial charge in [-0.2, -0.15) is 0 Å². The molecule has 1 atom stereocenters. The lowest BCUT2D eigenvalue weighted by molar-refractivity contribution is -0.118. The van der Waals surface area contributed by atoms with Gasteiger partial charge in [-0.05, 0) is 38.8 Å². The first-order valence-corrected chi connectivity index (χ1v) is 4.95. The highest BCUT2D eigenvalue weighted by Crippen LogP contribution is 2.14. The van der Waals surface area contributed by atoms with E-state index in [1.807, 2.05) is 0 Å². The van der Waals surface area contributed by atoms with Crippen molar-refractivity contribution in [2.45, 2.75) is 32.6 Å². The Morgan fingerprint density at radius 3 is 3.08 bits per heavy atom. The Kier molecular flexibility index (Phi) is 4.56. The normalized spacial score (nSPS) is 20.8. The average Bonchev–Trinajstić information content (AvgIpc) is 2.64. The molecule has 1 aliphatic rings. The van der Waals surface area contributed by atoms with Crippen LogP contribution in [0.15, 0.2) is 0 Å². The molecule has 1 N–H and O–H groups in total. The minimum absolute atomic E-state index is 0.293. The summed E-state index contributed by atoms with van der Waals surface area (Å²) in [7, 11) is 0. The SMILES string of the molecule is CC#CCC(=O)CCC1CCNC1. The van der Waals surface area contributed by atoms with Crippen LogP contribution in [0.3, 0.4) is 0 Å². The van der Waals surface area contributed by atoms with Gasteiger partial charge in [0.05, 0.1) is 6.42 Å². The van der Waals surface area contributed by atoms with Gasteiger partial charge in [0.15, 0.2) is 0 Å². The minimum Gasteiger partial charge on any atom is -0.316 e. The summed E-state index contributed by atoms with van der Waals surface area (Å²) in [5.41, 5.74) is 0. The summed E-state index contributed by atoms with van der Waals surface area (Å²) >= 11 is 0. The van der Waals surface area contributed by atoms with Crippen LogP contribution in [0.2, 0.25) is 0 Å². The molecule has 13 heavy (non-hydrogen) atoms. The van der Waals surface area contributed by atoms with E-state index in [-0.39, 0.29) is 0 Å². The van der Waals surface area contributed by atoms with E-state index in [1.165, 1.54) is 6.42 Å². The number of ketones is 1. The van der Waals surface area contributed by atoms with E-state index in [4.69, 9.17) is 0 Å². The summed E-state index contributed by atoms with van der Waals surface area (Å²) in [6.45, 7) is 3.98. The van der Waals surface area contributed by atoms with E-state index in [0.29, 0.717) is 18.6 Å². The molecule has 1 fully saturated rings. The number of rotatable bonds is 4. The molecule has 2 heteroatoms. The standard InChI is InChI=1S/C11H17NO/c1-2-3-4-11(13)6-5-10-7-8-12-9-10/h10,12H,4-9H2,1H3. The molecular formula is C11H17NO. The fraction of sp³-hybridized carbons (Fsp3) is 0.727. The Balaban J connectivity index is 2.09. The molecule has 0 aromatic rings. The number of nitrogens with one attached hydrogen (secondary N) is 1. The van der Waals surface area contributed by atoms with Gasteiger partial charge in [0, 0.05) is 6.42 Å². The molecule has 2 nitrogen and oxygen atoms in total. The van der Waals surface area contributed by atoms with Crippen LogP contribution in [0.1, 0.15) is 32.6 Å². The van der Waals surface area contributed by atoms with E-state index >= 15 is 0 Å². The van der Waals surface area contributed by atoms with Crippen molar-refractivity contribution in [3.05, 3.63) is 0 Å². The number of carbonyl (C=O) groups is 1. The van der Waals surface area contributed by atoms with E-state index in [1.54, 1.807) is 6.92 Å². The zero-order valence-electron chi connectivity index (χ0n) is 8.23. The highest BCUT2D eigenvalue weighted by Gasteiger charge is 2.14. The maximum atomic E-state index is 11.2. The van der Waals surface area contributed by atoms with Crippen LogP contribution >= 0.6 is 0 Å². The molecule has 1 unspecified atom stereocenters. The fourth-order valence-corrected chi connectivity index (χ4v) is 1.60. The van der Waals surface area contributed by atoms with E-state index in [0.717, 1.165) is 25.4 Å². The van der Waals surface area contributed by atoms with Gasteiger partial charge in [-0.1, -0.05) is 5.92 Å². The summed E-state index contributed by atoms with van der Waals surface area (Å²) in [5.74, 6) is 6.57. The van der Waals surface area contributed by atoms with Crippen molar-refractivity contribution >= 4 is 5.78 Å². The first-order valence-electron chi connectivity index (χ1n) is 4.95. The lowest BCUT2D eigenvalue weighted by Crippen LogP contribution is -2.10. The van der Waals surface area contributed by atoms with Crippen LogP contribution in [0.4, 0.5) is 0 Å². The molecule has 0 spiro atoms. The van der Waals surface area contributed by atoms with Crippen molar-refractivity contribution in [1.82, 2.24) is 5.32 Å². The first kappa shape index (κ1) is 10.3. The highest BCUT2D eigenvalue weighted by atomic mass is 16.1. The van der Waals surface area contributed by atoms with Crippen molar-refractivity contribution in [2.24, 2.45) is 5.92 Å². The maximum absolute atomic E-state index is 11.2. The average molecular weight is 179 g/mol. The third-order valence-electron chi connectivity index (χ3n) is 2.46. The summed E-state index contributed by atoms with van der Waals surface area (Å²) in [6, 6.07) is 0. The molecule has 0 amide bonds. The second-order valence-corrected chi connectivity index (χ2v) is 3.54. The van der Waals surface area contributed by atoms with Crippen LogP contribution in [0, 0.1) is 17.8 Å². The predicted octanol–water partition coefficient (Wildman–Crippen LogP) is 1.36. The highest BCUT2D eigenvalue weighted by molar-refractivity contribution is 5.80. The van der Waals surface area contributed by atoms with Crippen molar-refractivity contribution in [2.75, 3.05) is 13.1 Å². The quantitative estimate of drug-likeness (QED) is 0.660. The van der Waals surface area contributed by atoms with Gasteiger partial charge in [0.1, 0.15) is 5.78 Å². The maximum Gasteiger partial charge on any atom is 0.144 e. The number of hydrogen-bond donors (Lipinski definition) is 1. The van der Waals surface area contributed by atoms with Crippen molar-refractivity contribution < 1.29 is 4.79 Å². The molecule has 0 bridgehead atoms. The molecule has 0 radical (unpaired) electrons. The smallest absolute Gasteiger partial charge is 0.144 e. The van der Waals surface area contributed by atoms with Crippen LogP contribution in [-0.4, -0.2) is 18.9 Å². The Hall–Kier alpha value is -0.810. The molecule has 72 valence electrons. The van der Waals surface area contributed by atoms with E-state index in [2.05, 4.69) is 17.2 Å². The Morgan fingerprint density at radius 2 is 2.46 bits per heavy atom. The Labute approximate surface area is 80.1 Å². The minimum atomic E-state index is 0.293. The molecule has 0 aromatic heterocycles. The van der Waals surface area contributed by atoms with Crippen molar-refractivity contribution in [1.29, 1.82) is 0 Å². The lowest BCUT2D eigenvalue weighted by atomic mass is 10.00. The van der Waals surface area contributed by atoms with Gasteiger partial charge in [-0.25, -0.2) is 0 Å². The predicted molar refractivity (Wildman–Crippen MR) is 53.3 cm³/mol. The Morgan fingerprint density at radius 1 is 1.62 bits per heavy atom. The van der Waals surface area contributed by atoms with Gasteiger partial charge in [-0.15, -0.1) is 5.92 Å². The van der Waals surface area contributed by atoms with Gasteiger partial charge >= 0.3 is 0 Å². The first-order chi connectivity index (χ1) is 6.33. The second kappa shape index (κ2) is 5.77. The second-order valence-electron chi connectivity index (χ2n) is 3.54. The summed E-state index contributed by atoms with van der Waals surface area (Å²) in [4.78, 5) is 11.2. The van der Waals surface area contributed by atoms with Crippen LogP contribution in [-0.2, 0) is 4.79 Å². The summed E-state index contributed by atoms with van der Waals surface area (Å²) in [5, 5.41) is 3.30. The zero-order chi connectivity index (χ0) is 9.52. The van der Waals surface area contributed by atoms with Gasteiger partial charge < -0.3 is 5.32 Å². The lowest BCUT2D eigenvalue weighted by Gasteiger charge is -2.05. The van der Waals surface area contributed by atoms with Gasteiger partial charge in [0.2, 0.25) is 0 Å². The van der Waals surface area contributed by atoms with Crippen LogP contribution < -0.4 is 5.32 Å². The monoisotopic (exact) mass is 179 g/mol. The third kappa shape index (κ3) is 4.10. The summed E-state index contributed by atoms with van der Waals surface area (Å²) in [6.07, 6.45) is 3.42. The molecule has 0 saturated carbocycles. The van der Waals surface area contributed by atoms with E-state index < -0.39 is 0 Å². The third-order valence-corrected chi connectivity index (χ3v) is 2.46. The number of Topliss-reactive ketones (excluding diaryl/α,β-unsaturated/α-hetero) is 1. The van der Waals surface area contributed by atoms with E-state index in [9.17, 15) is 4.79 Å². The molecule has 0 aromatic carbocycles. The van der Waals surface area contributed by atoms with Crippen LogP contribution in [0.25, 0.3) is 0 Å². The molecule has 1 rings (SSSR count). The molecule has 1 aliphatic heterocycles. The van der Waals surface area contributed by atoms with Crippen molar-refractivity contribution in [3.8, 4) is 11.8 Å². The number of hydrogen-bond acceptors (Lipinski definition) is 2. The van der Waals surface area contributed by atoms with Crippen LogP contribution in [0.5, 0.6) is 0 Å². The van der Waals surface area contributed by atoms with Crippen molar-refractivity contribution in [3.63, 3.8) is 0 Å². The molecule has 1 heterocycles. The zero-order valence-corrected chi connectivity index (χ0v) is 8.23. The fourth-order valence-electron chi connectivity index (χ4n) is 1.60. The summed E-state index contributed by atoms with van der Waals surface area (Å²) < 4.78 is 0. The van der Waals surface area contributed by atoms with Gasteiger partial charge in [0.25, 0.3) is 0 Å². The topological polar surface area (TPSA) is 29.1 Å².